The Labute approximate surface area is 192 Å². The van der Waals surface area contributed by atoms with E-state index in [-0.39, 0.29) is 5.41 Å². The van der Waals surface area contributed by atoms with Gasteiger partial charge in [0, 0.05) is 54.5 Å². The molecule has 2 fully saturated rings. The smallest absolute Gasteiger partial charge is 0.231 e. The largest absolute Gasteiger partial charge is 0.338 e. The molecule has 1 saturated carbocycles. The first-order valence-electron chi connectivity index (χ1n) is 10.7. The van der Waals surface area contributed by atoms with E-state index < -0.39 is 0 Å². The van der Waals surface area contributed by atoms with E-state index in [1.807, 2.05) is 24.4 Å². The second-order valence-corrected chi connectivity index (χ2v) is 9.10. The summed E-state index contributed by atoms with van der Waals surface area (Å²) in [4.78, 5) is 4.68. The van der Waals surface area contributed by atoms with E-state index in [4.69, 9.17) is 23.2 Å². The van der Waals surface area contributed by atoms with E-state index in [2.05, 4.69) is 61.5 Å². The number of piperazine rings is 1. The van der Waals surface area contributed by atoms with E-state index in [9.17, 15) is 0 Å². The third kappa shape index (κ3) is 3.75. The first kappa shape index (κ1) is 20.6. The SMILES string of the molecule is C=Cn1c(N2CCN(Cc3c(Cl)cccc3Cl)CC2)nnc1C1(c2ccccc2)CC1. The minimum Gasteiger partial charge on any atom is -0.338 e. The van der Waals surface area contributed by atoms with Crippen molar-refractivity contribution >= 4 is 35.4 Å². The topological polar surface area (TPSA) is 37.2 Å². The van der Waals surface area contributed by atoms with Crippen molar-refractivity contribution < 1.29 is 0 Å². The maximum absolute atomic E-state index is 6.36. The first-order valence-corrected chi connectivity index (χ1v) is 11.4. The molecule has 0 radical (unpaired) electrons. The molecule has 5 rings (SSSR count). The van der Waals surface area contributed by atoms with Gasteiger partial charge in [0.15, 0.2) is 0 Å². The summed E-state index contributed by atoms with van der Waals surface area (Å²) in [6, 6.07) is 16.3. The summed E-state index contributed by atoms with van der Waals surface area (Å²) in [6.07, 6.45) is 4.04. The summed E-state index contributed by atoms with van der Waals surface area (Å²) in [7, 11) is 0. The second kappa shape index (κ2) is 8.30. The third-order valence-electron chi connectivity index (χ3n) is 6.46. The number of halogens is 2. The lowest BCUT2D eigenvalue weighted by atomic mass is 9.95. The molecular weight excluding hydrogens is 429 g/mol. The molecule has 1 aliphatic carbocycles. The van der Waals surface area contributed by atoms with Crippen molar-refractivity contribution in [1.29, 1.82) is 0 Å². The molecule has 2 aliphatic rings. The van der Waals surface area contributed by atoms with Crippen molar-refractivity contribution in [2.75, 3.05) is 31.1 Å². The highest BCUT2D eigenvalue weighted by Crippen LogP contribution is 2.53. The van der Waals surface area contributed by atoms with Crippen molar-refractivity contribution in [3.63, 3.8) is 0 Å². The van der Waals surface area contributed by atoms with Crippen LogP contribution < -0.4 is 4.90 Å². The van der Waals surface area contributed by atoms with Crippen molar-refractivity contribution in [1.82, 2.24) is 19.7 Å². The Kier molecular flexibility index (Phi) is 5.51. The van der Waals surface area contributed by atoms with Crippen LogP contribution in [-0.4, -0.2) is 45.8 Å². The van der Waals surface area contributed by atoms with Gasteiger partial charge in [0.2, 0.25) is 5.95 Å². The average Bonchev–Trinajstić information content (AvgIpc) is 3.49. The molecule has 1 saturated heterocycles. The van der Waals surface area contributed by atoms with Gasteiger partial charge in [0.1, 0.15) is 5.82 Å². The number of rotatable bonds is 6. The van der Waals surface area contributed by atoms with Crippen LogP contribution in [-0.2, 0) is 12.0 Å². The van der Waals surface area contributed by atoms with Gasteiger partial charge in [-0.3, -0.25) is 9.47 Å². The van der Waals surface area contributed by atoms with Crippen molar-refractivity contribution in [2.45, 2.75) is 24.8 Å². The van der Waals surface area contributed by atoms with Gasteiger partial charge in [0.05, 0.1) is 5.41 Å². The molecule has 1 aromatic heterocycles. The lowest BCUT2D eigenvalue weighted by molar-refractivity contribution is 0.248. The van der Waals surface area contributed by atoms with Gasteiger partial charge in [-0.1, -0.05) is 66.2 Å². The number of aromatic nitrogens is 3. The van der Waals surface area contributed by atoms with E-state index in [1.54, 1.807) is 0 Å². The Hall–Kier alpha value is -2.34. The van der Waals surface area contributed by atoms with Gasteiger partial charge in [-0.15, -0.1) is 10.2 Å². The molecule has 0 atom stereocenters. The highest BCUT2D eigenvalue weighted by Gasteiger charge is 2.50. The zero-order chi connectivity index (χ0) is 21.4. The molecule has 7 heteroatoms. The fourth-order valence-corrected chi connectivity index (χ4v) is 5.05. The minimum absolute atomic E-state index is 0.0384. The Balaban J connectivity index is 1.32. The van der Waals surface area contributed by atoms with E-state index in [1.165, 1.54) is 5.56 Å². The predicted molar refractivity (Wildman–Crippen MR) is 127 cm³/mol. The Morgan fingerprint density at radius 2 is 1.58 bits per heavy atom. The normalized spacial score (nSPS) is 18.2. The molecular formula is C24H25Cl2N5. The summed E-state index contributed by atoms with van der Waals surface area (Å²) in [5.41, 5.74) is 2.26. The van der Waals surface area contributed by atoms with Gasteiger partial charge in [-0.2, -0.15) is 0 Å². The number of nitrogens with zero attached hydrogens (tertiary/aromatic N) is 5. The molecule has 2 aromatic carbocycles. The van der Waals surface area contributed by atoms with E-state index in [0.717, 1.165) is 72.9 Å². The van der Waals surface area contributed by atoms with Crippen LogP contribution in [0.4, 0.5) is 5.95 Å². The van der Waals surface area contributed by atoms with Crippen LogP contribution in [0.25, 0.3) is 6.20 Å². The lowest BCUT2D eigenvalue weighted by Gasteiger charge is -2.35. The van der Waals surface area contributed by atoms with Crippen molar-refractivity contribution in [2.24, 2.45) is 0 Å². The maximum atomic E-state index is 6.36. The van der Waals surface area contributed by atoms with Crippen molar-refractivity contribution in [3.05, 3.63) is 82.1 Å². The molecule has 2 heterocycles. The number of benzene rings is 2. The third-order valence-corrected chi connectivity index (χ3v) is 7.17. The van der Waals surface area contributed by atoms with Crippen LogP contribution in [0, 0.1) is 0 Å². The van der Waals surface area contributed by atoms with Crippen molar-refractivity contribution in [3.8, 4) is 0 Å². The zero-order valence-corrected chi connectivity index (χ0v) is 18.9. The Morgan fingerprint density at radius 1 is 0.903 bits per heavy atom. The van der Waals surface area contributed by atoms with Crippen LogP contribution >= 0.6 is 23.2 Å². The number of hydrogen-bond donors (Lipinski definition) is 0. The van der Waals surface area contributed by atoms with Gasteiger partial charge in [-0.05, 0) is 30.5 Å². The molecule has 0 bridgehead atoms. The molecule has 160 valence electrons. The maximum Gasteiger partial charge on any atom is 0.231 e. The zero-order valence-electron chi connectivity index (χ0n) is 17.3. The van der Waals surface area contributed by atoms with Gasteiger partial charge in [-0.25, -0.2) is 0 Å². The van der Waals surface area contributed by atoms with Crippen LogP contribution in [0.3, 0.4) is 0 Å². The molecule has 31 heavy (non-hydrogen) atoms. The van der Waals surface area contributed by atoms with E-state index in [0.29, 0.717) is 0 Å². The molecule has 0 unspecified atom stereocenters. The molecule has 5 nitrogen and oxygen atoms in total. The van der Waals surface area contributed by atoms with E-state index >= 15 is 0 Å². The second-order valence-electron chi connectivity index (χ2n) is 8.29. The predicted octanol–water partition coefficient (Wildman–Crippen LogP) is 5.09. The number of hydrogen-bond acceptors (Lipinski definition) is 4. The monoisotopic (exact) mass is 453 g/mol. The highest BCUT2D eigenvalue weighted by atomic mass is 35.5. The number of anilines is 1. The minimum atomic E-state index is -0.0384. The summed E-state index contributed by atoms with van der Waals surface area (Å²) in [5.74, 6) is 1.87. The quantitative estimate of drug-likeness (QED) is 0.520. The van der Waals surface area contributed by atoms with Crippen LogP contribution in [0.5, 0.6) is 0 Å². The van der Waals surface area contributed by atoms with Crippen LogP contribution in [0.15, 0.2) is 55.1 Å². The highest BCUT2D eigenvalue weighted by molar-refractivity contribution is 6.35. The lowest BCUT2D eigenvalue weighted by Crippen LogP contribution is -2.46. The van der Waals surface area contributed by atoms with Gasteiger partial charge >= 0.3 is 0 Å². The van der Waals surface area contributed by atoms with Crippen LogP contribution in [0.1, 0.15) is 29.8 Å². The summed E-state index contributed by atoms with van der Waals surface area (Å²) >= 11 is 12.7. The standard InChI is InChI=1S/C24H25Cl2N5/c1-2-31-22(24(11-12-24)18-7-4-3-5-8-18)27-28-23(31)30-15-13-29(14-16-30)17-19-20(25)9-6-10-21(19)26/h2-10H,1,11-17H2. The summed E-state index contributed by atoms with van der Waals surface area (Å²) in [6.45, 7) is 8.36. The average molecular weight is 454 g/mol. The molecule has 3 aromatic rings. The van der Waals surface area contributed by atoms with Gasteiger partial charge < -0.3 is 4.90 Å². The fraction of sp³-hybridized carbons (Fsp3) is 0.333. The van der Waals surface area contributed by atoms with Crippen LogP contribution in [0.2, 0.25) is 10.0 Å². The first-order chi connectivity index (χ1) is 15.1. The molecule has 1 aliphatic heterocycles. The molecule has 0 amide bonds. The van der Waals surface area contributed by atoms with Gasteiger partial charge in [0.25, 0.3) is 0 Å². The summed E-state index contributed by atoms with van der Waals surface area (Å²) in [5, 5.41) is 10.7. The molecule has 0 spiro atoms. The Morgan fingerprint density at radius 3 is 2.19 bits per heavy atom. The Bertz CT molecular complexity index is 1060. The summed E-state index contributed by atoms with van der Waals surface area (Å²) < 4.78 is 2.08. The molecule has 0 N–H and O–H groups in total. The fourth-order valence-electron chi connectivity index (χ4n) is 4.53.